The average Bonchev–Trinajstić information content (AvgIpc) is 2.58. The number of nitrogens with zero attached hydrogens (tertiary/aromatic N) is 1. The van der Waals surface area contributed by atoms with Crippen molar-refractivity contribution in [3.8, 4) is 0 Å². The summed E-state index contributed by atoms with van der Waals surface area (Å²) in [5.74, 6) is 0.383. The molecule has 5 nitrogen and oxygen atoms in total. The lowest BCUT2D eigenvalue weighted by atomic mass is 9.92. The van der Waals surface area contributed by atoms with E-state index in [9.17, 15) is 4.79 Å². The maximum atomic E-state index is 10.6. The second-order valence-corrected chi connectivity index (χ2v) is 4.61. The van der Waals surface area contributed by atoms with Crippen molar-refractivity contribution in [3.63, 3.8) is 0 Å². The molecule has 0 radical (unpaired) electrons. The van der Waals surface area contributed by atoms with Crippen molar-refractivity contribution in [1.82, 2.24) is 9.97 Å². The van der Waals surface area contributed by atoms with Crippen LogP contribution in [-0.4, -0.2) is 27.1 Å². The molecule has 4 N–H and O–H groups in total. The molecule has 1 aliphatic rings. The molecule has 0 aliphatic heterocycles. The van der Waals surface area contributed by atoms with Gasteiger partial charge in [-0.15, -0.1) is 0 Å². The third-order valence-corrected chi connectivity index (χ3v) is 3.07. The van der Waals surface area contributed by atoms with Crippen molar-refractivity contribution < 1.29 is 9.90 Å². The summed E-state index contributed by atoms with van der Waals surface area (Å²) in [5, 5.41) is 8.72. The summed E-state index contributed by atoms with van der Waals surface area (Å²) < 4.78 is 0. The minimum atomic E-state index is -0.984. The van der Waals surface area contributed by atoms with Gasteiger partial charge in [0.25, 0.3) is 0 Å². The van der Waals surface area contributed by atoms with Gasteiger partial charge in [-0.05, 0) is 25.2 Å². The Labute approximate surface area is 94.1 Å². The van der Waals surface area contributed by atoms with Gasteiger partial charge in [0.05, 0.1) is 5.69 Å². The Hall–Kier alpha value is -1.36. The number of carboxylic acid groups (broad SMARTS) is 1. The molecule has 88 valence electrons. The number of imidazole rings is 1. The third kappa shape index (κ3) is 2.24. The molecule has 0 saturated carbocycles. The van der Waals surface area contributed by atoms with E-state index in [1.807, 2.05) is 0 Å². The van der Waals surface area contributed by atoms with Crippen LogP contribution in [0.3, 0.4) is 0 Å². The Morgan fingerprint density at radius 3 is 3.19 bits per heavy atom. The zero-order valence-electron chi connectivity index (χ0n) is 9.36. The molecule has 1 aliphatic carbocycles. The molecule has 0 amide bonds. The fraction of sp³-hybridized carbons (Fsp3) is 0.636. The van der Waals surface area contributed by atoms with E-state index in [1.54, 1.807) is 0 Å². The standard InChI is InChI=1S/C11H17N3O2/c1-6-2-3-8-9(4-6)14-10(13-8)5-7(12)11(15)16/h6-7H,2-5,12H2,1H3,(H,13,14)(H,15,16)/t6?,7-/m1/s1. The zero-order valence-corrected chi connectivity index (χ0v) is 9.36. The molecule has 0 aromatic carbocycles. The zero-order chi connectivity index (χ0) is 11.7. The second kappa shape index (κ2) is 4.25. The number of carbonyl (C=O) groups is 1. The molecule has 1 aromatic heterocycles. The first-order chi connectivity index (χ1) is 7.56. The first-order valence-corrected chi connectivity index (χ1v) is 5.61. The van der Waals surface area contributed by atoms with Crippen LogP contribution >= 0.6 is 0 Å². The molecule has 0 saturated heterocycles. The number of aromatic nitrogens is 2. The van der Waals surface area contributed by atoms with Gasteiger partial charge < -0.3 is 15.8 Å². The summed E-state index contributed by atoms with van der Waals surface area (Å²) in [6.45, 7) is 2.21. The molecular weight excluding hydrogens is 206 g/mol. The lowest BCUT2D eigenvalue weighted by Crippen LogP contribution is -2.32. The highest BCUT2D eigenvalue weighted by molar-refractivity contribution is 5.73. The first kappa shape index (κ1) is 11.1. The molecule has 1 heterocycles. The highest BCUT2D eigenvalue weighted by Gasteiger charge is 2.21. The van der Waals surface area contributed by atoms with Gasteiger partial charge in [0.15, 0.2) is 0 Å². The summed E-state index contributed by atoms with van der Waals surface area (Å²) in [6, 6.07) is -0.870. The smallest absolute Gasteiger partial charge is 0.320 e. The molecule has 2 rings (SSSR count). The number of aliphatic carboxylic acids is 1. The Balaban J connectivity index is 2.10. The maximum Gasteiger partial charge on any atom is 0.320 e. The Kier molecular flexibility index (Phi) is 2.96. The molecule has 0 bridgehead atoms. The Bertz CT molecular complexity index is 400. The van der Waals surface area contributed by atoms with Gasteiger partial charge in [-0.2, -0.15) is 0 Å². The minimum absolute atomic E-state index is 0.275. The van der Waals surface area contributed by atoms with Crippen LogP contribution in [0, 0.1) is 5.92 Å². The Morgan fingerprint density at radius 1 is 1.75 bits per heavy atom. The maximum absolute atomic E-state index is 10.6. The van der Waals surface area contributed by atoms with Gasteiger partial charge in [0.1, 0.15) is 11.9 Å². The van der Waals surface area contributed by atoms with E-state index >= 15 is 0 Å². The SMILES string of the molecule is CC1CCc2[nH]c(C[C@@H](N)C(=O)O)nc2C1. The highest BCUT2D eigenvalue weighted by Crippen LogP contribution is 2.23. The monoisotopic (exact) mass is 223 g/mol. The van der Waals surface area contributed by atoms with E-state index < -0.39 is 12.0 Å². The van der Waals surface area contributed by atoms with Crippen LogP contribution < -0.4 is 5.73 Å². The van der Waals surface area contributed by atoms with Crippen LogP contribution in [0.4, 0.5) is 0 Å². The number of carboxylic acids is 1. The van der Waals surface area contributed by atoms with E-state index in [0.29, 0.717) is 11.7 Å². The minimum Gasteiger partial charge on any atom is -0.480 e. The van der Waals surface area contributed by atoms with E-state index in [1.165, 1.54) is 6.42 Å². The Morgan fingerprint density at radius 2 is 2.50 bits per heavy atom. The molecule has 1 aromatic rings. The molecule has 0 spiro atoms. The number of nitrogens with one attached hydrogen (secondary N) is 1. The number of hydrogen-bond acceptors (Lipinski definition) is 3. The number of H-pyrrole nitrogens is 1. The number of aryl methyl sites for hydroxylation is 1. The number of hydrogen-bond donors (Lipinski definition) is 3. The van der Waals surface area contributed by atoms with Crippen molar-refractivity contribution in [2.75, 3.05) is 0 Å². The molecule has 2 atom stereocenters. The summed E-state index contributed by atoms with van der Waals surface area (Å²) in [6.07, 6.45) is 3.43. The number of fused-ring (bicyclic) bond motifs is 1. The predicted octanol–water partition coefficient (Wildman–Crippen LogP) is 0.489. The average molecular weight is 223 g/mol. The largest absolute Gasteiger partial charge is 0.480 e. The molecule has 5 heteroatoms. The number of aromatic amines is 1. The van der Waals surface area contributed by atoms with Crippen LogP contribution in [0.25, 0.3) is 0 Å². The molecular formula is C11H17N3O2. The fourth-order valence-electron chi connectivity index (χ4n) is 2.10. The predicted molar refractivity (Wildman–Crippen MR) is 59.1 cm³/mol. The van der Waals surface area contributed by atoms with Gasteiger partial charge in [0.2, 0.25) is 0 Å². The van der Waals surface area contributed by atoms with Crippen LogP contribution in [0.2, 0.25) is 0 Å². The summed E-state index contributed by atoms with van der Waals surface area (Å²) in [4.78, 5) is 18.2. The fourth-order valence-corrected chi connectivity index (χ4v) is 2.10. The van der Waals surface area contributed by atoms with Crippen molar-refractivity contribution in [1.29, 1.82) is 0 Å². The van der Waals surface area contributed by atoms with Crippen molar-refractivity contribution in [2.24, 2.45) is 11.7 Å². The van der Waals surface area contributed by atoms with E-state index in [2.05, 4.69) is 16.9 Å². The van der Waals surface area contributed by atoms with E-state index in [4.69, 9.17) is 10.8 Å². The van der Waals surface area contributed by atoms with Gasteiger partial charge in [-0.25, -0.2) is 4.98 Å². The highest BCUT2D eigenvalue weighted by atomic mass is 16.4. The van der Waals surface area contributed by atoms with Crippen LogP contribution in [0.15, 0.2) is 0 Å². The van der Waals surface area contributed by atoms with E-state index in [0.717, 1.165) is 24.2 Å². The number of nitrogens with two attached hydrogens (primary N) is 1. The van der Waals surface area contributed by atoms with Crippen molar-refractivity contribution >= 4 is 5.97 Å². The van der Waals surface area contributed by atoms with Crippen LogP contribution in [-0.2, 0) is 24.1 Å². The topological polar surface area (TPSA) is 92.0 Å². The molecule has 1 unspecified atom stereocenters. The summed E-state index contributed by atoms with van der Waals surface area (Å²) >= 11 is 0. The van der Waals surface area contributed by atoms with Crippen LogP contribution in [0.5, 0.6) is 0 Å². The lowest BCUT2D eigenvalue weighted by Gasteiger charge is -2.15. The van der Waals surface area contributed by atoms with Crippen molar-refractivity contribution in [3.05, 3.63) is 17.2 Å². The quantitative estimate of drug-likeness (QED) is 0.695. The van der Waals surface area contributed by atoms with E-state index in [-0.39, 0.29) is 6.42 Å². The second-order valence-electron chi connectivity index (χ2n) is 4.61. The molecule has 0 fully saturated rings. The van der Waals surface area contributed by atoms with Crippen LogP contribution in [0.1, 0.15) is 30.6 Å². The third-order valence-electron chi connectivity index (χ3n) is 3.07. The first-order valence-electron chi connectivity index (χ1n) is 5.61. The van der Waals surface area contributed by atoms with Gasteiger partial charge in [0, 0.05) is 12.1 Å². The van der Waals surface area contributed by atoms with Gasteiger partial charge in [-0.1, -0.05) is 6.92 Å². The normalized spacial score (nSPS) is 21.5. The number of rotatable bonds is 3. The van der Waals surface area contributed by atoms with Gasteiger partial charge in [-0.3, -0.25) is 4.79 Å². The van der Waals surface area contributed by atoms with Crippen molar-refractivity contribution in [2.45, 2.75) is 38.6 Å². The summed E-state index contributed by atoms with van der Waals surface area (Å²) in [5.41, 5.74) is 7.72. The van der Waals surface area contributed by atoms with Gasteiger partial charge >= 0.3 is 5.97 Å². The summed E-state index contributed by atoms with van der Waals surface area (Å²) in [7, 11) is 0. The lowest BCUT2D eigenvalue weighted by molar-refractivity contribution is -0.138. The molecule has 16 heavy (non-hydrogen) atoms.